The van der Waals surface area contributed by atoms with E-state index in [0.717, 1.165) is 18.5 Å². The highest BCUT2D eigenvalue weighted by Gasteiger charge is 2.26. The summed E-state index contributed by atoms with van der Waals surface area (Å²) >= 11 is 0. The van der Waals surface area contributed by atoms with E-state index in [1.165, 1.54) is 6.20 Å². The molecule has 2 unspecified atom stereocenters. The van der Waals surface area contributed by atoms with E-state index < -0.39 is 0 Å². The monoisotopic (exact) mass is 288 g/mol. The zero-order chi connectivity index (χ0) is 15.1. The van der Waals surface area contributed by atoms with Crippen LogP contribution in [0.3, 0.4) is 0 Å². The molecule has 0 spiro atoms. The van der Waals surface area contributed by atoms with Gasteiger partial charge in [-0.15, -0.1) is 0 Å². The van der Waals surface area contributed by atoms with E-state index in [1.807, 2.05) is 30.3 Å². The molecule has 1 aromatic carbocycles. The Labute approximate surface area is 125 Å². The fourth-order valence-corrected chi connectivity index (χ4v) is 2.43. The highest BCUT2D eigenvalue weighted by molar-refractivity contribution is 5.26. The first kappa shape index (κ1) is 15.6. The number of ether oxygens (including phenoxy) is 1. The van der Waals surface area contributed by atoms with E-state index in [1.54, 1.807) is 19.4 Å². The molecule has 0 amide bonds. The number of nitrogens with zero attached hydrogens (tertiary/aromatic N) is 1. The minimum atomic E-state index is -0.316. The second kappa shape index (κ2) is 7.86. The van der Waals surface area contributed by atoms with Crippen molar-refractivity contribution in [3.63, 3.8) is 0 Å². The second-order valence-corrected chi connectivity index (χ2v) is 4.90. The van der Waals surface area contributed by atoms with Crippen LogP contribution < -0.4 is 5.32 Å². The molecule has 0 aliphatic carbocycles. The highest BCUT2D eigenvalue weighted by atomic mass is 19.1. The molecule has 4 heteroatoms. The Balaban J connectivity index is 2.36. The van der Waals surface area contributed by atoms with Crippen molar-refractivity contribution < 1.29 is 9.13 Å². The standard InChI is InChI=1S/C17H21FN2O/c1-3-10-20-16(14-9-11-19-12-15(14)18)17(21-2)13-7-5-4-6-8-13/h4-9,11-12,16-17,20H,3,10H2,1-2H3. The van der Waals surface area contributed by atoms with Crippen LogP contribution in [0.1, 0.15) is 36.6 Å². The summed E-state index contributed by atoms with van der Waals surface area (Å²) in [5.41, 5.74) is 1.60. The maximum absolute atomic E-state index is 14.1. The van der Waals surface area contributed by atoms with Gasteiger partial charge in [-0.25, -0.2) is 4.39 Å². The molecule has 0 radical (unpaired) electrons. The summed E-state index contributed by atoms with van der Waals surface area (Å²) in [7, 11) is 1.65. The van der Waals surface area contributed by atoms with Gasteiger partial charge in [0, 0.05) is 18.9 Å². The second-order valence-electron chi connectivity index (χ2n) is 4.90. The van der Waals surface area contributed by atoms with Gasteiger partial charge in [0.2, 0.25) is 0 Å². The number of pyridine rings is 1. The summed E-state index contributed by atoms with van der Waals surface area (Å²) in [5, 5.41) is 3.38. The minimum absolute atomic E-state index is 0.250. The molecule has 0 saturated carbocycles. The van der Waals surface area contributed by atoms with Gasteiger partial charge in [0.05, 0.1) is 12.2 Å². The third-order valence-corrected chi connectivity index (χ3v) is 3.44. The summed E-state index contributed by atoms with van der Waals surface area (Å²) in [4.78, 5) is 3.82. The van der Waals surface area contributed by atoms with Crippen molar-refractivity contribution in [1.82, 2.24) is 10.3 Å². The molecule has 21 heavy (non-hydrogen) atoms. The number of hydrogen-bond donors (Lipinski definition) is 1. The summed E-state index contributed by atoms with van der Waals surface area (Å²) in [6.45, 7) is 2.87. The van der Waals surface area contributed by atoms with Crippen LogP contribution in [-0.4, -0.2) is 18.6 Å². The third-order valence-electron chi connectivity index (χ3n) is 3.44. The average Bonchev–Trinajstić information content (AvgIpc) is 2.53. The van der Waals surface area contributed by atoms with Crippen LogP contribution in [0.2, 0.25) is 0 Å². The van der Waals surface area contributed by atoms with Gasteiger partial charge in [-0.3, -0.25) is 4.98 Å². The summed E-state index contributed by atoms with van der Waals surface area (Å²) in [6.07, 6.45) is 3.56. The zero-order valence-electron chi connectivity index (χ0n) is 12.4. The lowest BCUT2D eigenvalue weighted by atomic mass is 9.95. The molecule has 1 N–H and O–H groups in total. The van der Waals surface area contributed by atoms with Crippen molar-refractivity contribution in [2.45, 2.75) is 25.5 Å². The van der Waals surface area contributed by atoms with Crippen LogP contribution in [0.25, 0.3) is 0 Å². The molecule has 0 fully saturated rings. The Morgan fingerprint density at radius 1 is 1.24 bits per heavy atom. The lowest BCUT2D eigenvalue weighted by Crippen LogP contribution is -2.29. The molecule has 0 aliphatic rings. The van der Waals surface area contributed by atoms with Gasteiger partial charge in [-0.1, -0.05) is 37.3 Å². The number of nitrogens with one attached hydrogen (secondary N) is 1. The predicted molar refractivity (Wildman–Crippen MR) is 81.4 cm³/mol. The normalized spacial score (nSPS) is 13.9. The van der Waals surface area contributed by atoms with Gasteiger partial charge < -0.3 is 10.1 Å². The maximum Gasteiger partial charge on any atom is 0.146 e. The van der Waals surface area contributed by atoms with Gasteiger partial charge in [0.15, 0.2) is 0 Å². The van der Waals surface area contributed by atoms with E-state index >= 15 is 0 Å². The van der Waals surface area contributed by atoms with Crippen LogP contribution in [0.5, 0.6) is 0 Å². The SMILES string of the molecule is CCCNC(c1ccncc1F)C(OC)c1ccccc1. The number of aromatic nitrogens is 1. The van der Waals surface area contributed by atoms with Crippen LogP contribution in [-0.2, 0) is 4.74 Å². The van der Waals surface area contributed by atoms with Crippen LogP contribution >= 0.6 is 0 Å². The molecule has 1 aromatic heterocycles. The number of hydrogen-bond acceptors (Lipinski definition) is 3. The molecule has 3 nitrogen and oxygen atoms in total. The van der Waals surface area contributed by atoms with E-state index in [-0.39, 0.29) is 18.0 Å². The van der Waals surface area contributed by atoms with Crippen LogP contribution in [0.15, 0.2) is 48.8 Å². The Kier molecular flexibility index (Phi) is 5.84. The van der Waals surface area contributed by atoms with Crippen molar-refractivity contribution in [2.24, 2.45) is 0 Å². The van der Waals surface area contributed by atoms with Gasteiger partial charge in [0.1, 0.15) is 11.9 Å². The Bertz CT molecular complexity index is 547. The quantitative estimate of drug-likeness (QED) is 0.844. The zero-order valence-corrected chi connectivity index (χ0v) is 12.4. The maximum atomic E-state index is 14.1. The fraction of sp³-hybridized carbons (Fsp3) is 0.353. The lowest BCUT2D eigenvalue weighted by Gasteiger charge is -2.28. The largest absolute Gasteiger partial charge is 0.375 e. The van der Waals surface area contributed by atoms with Crippen molar-refractivity contribution in [2.75, 3.05) is 13.7 Å². The lowest BCUT2D eigenvalue weighted by molar-refractivity contribution is 0.0663. The molecule has 1 heterocycles. The third kappa shape index (κ3) is 3.86. The molecule has 2 aromatic rings. The minimum Gasteiger partial charge on any atom is -0.375 e. The van der Waals surface area contributed by atoms with Gasteiger partial charge in [0.25, 0.3) is 0 Å². The van der Waals surface area contributed by atoms with Gasteiger partial charge >= 0.3 is 0 Å². The molecule has 2 atom stereocenters. The van der Waals surface area contributed by atoms with Crippen molar-refractivity contribution >= 4 is 0 Å². The molecular weight excluding hydrogens is 267 g/mol. The smallest absolute Gasteiger partial charge is 0.146 e. The topological polar surface area (TPSA) is 34.2 Å². The molecule has 112 valence electrons. The van der Waals surface area contributed by atoms with Crippen molar-refractivity contribution in [3.8, 4) is 0 Å². The first-order chi connectivity index (χ1) is 10.3. The Morgan fingerprint density at radius 2 is 2.00 bits per heavy atom. The fourth-order valence-electron chi connectivity index (χ4n) is 2.43. The number of rotatable bonds is 7. The Morgan fingerprint density at radius 3 is 2.62 bits per heavy atom. The molecular formula is C17H21FN2O. The van der Waals surface area contributed by atoms with Crippen molar-refractivity contribution in [1.29, 1.82) is 0 Å². The van der Waals surface area contributed by atoms with Gasteiger partial charge in [-0.2, -0.15) is 0 Å². The summed E-state index contributed by atoms with van der Waals surface area (Å²) in [5.74, 6) is -0.316. The Hall–Kier alpha value is -1.78. The first-order valence-electron chi connectivity index (χ1n) is 7.18. The highest BCUT2D eigenvalue weighted by Crippen LogP contribution is 2.32. The number of methoxy groups -OCH3 is 1. The average molecular weight is 288 g/mol. The number of halogens is 1. The van der Waals surface area contributed by atoms with E-state index in [2.05, 4.69) is 17.2 Å². The van der Waals surface area contributed by atoms with E-state index in [0.29, 0.717) is 5.56 Å². The molecule has 0 aliphatic heterocycles. The summed E-state index contributed by atoms with van der Waals surface area (Å²) < 4.78 is 19.8. The van der Waals surface area contributed by atoms with E-state index in [4.69, 9.17) is 4.74 Å². The number of benzene rings is 1. The first-order valence-corrected chi connectivity index (χ1v) is 7.18. The van der Waals surface area contributed by atoms with Gasteiger partial charge in [-0.05, 0) is 24.6 Å². The predicted octanol–water partition coefficient (Wildman–Crippen LogP) is 3.65. The molecule has 0 saturated heterocycles. The van der Waals surface area contributed by atoms with Crippen LogP contribution in [0.4, 0.5) is 4.39 Å². The molecule has 0 bridgehead atoms. The summed E-state index contributed by atoms with van der Waals surface area (Å²) in [6, 6.07) is 11.3. The van der Waals surface area contributed by atoms with Crippen LogP contribution in [0, 0.1) is 5.82 Å². The van der Waals surface area contributed by atoms with Crippen molar-refractivity contribution in [3.05, 3.63) is 65.7 Å². The van der Waals surface area contributed by atoms with E-state index in [9.17, 15) is 4.39 Å². The molecule has 2 rings (SSSR count).